The molecule has 0 N–H and O–H groups in total. The van der Waals surface area contributed by atoms with E-state index in [-0.39, 0.29) is 0 Å². The molecule has 0 aromatic heterocycles. The molecular formula is C13H26N2. The molecule has 0 aromatic rings. The topological polar surface area (TPSA) is 6.48 Å². The molecule has 0 radical (unpaired) electrons. The Bertz CT molecular complexity index is 191. The van der Waals surface area contributed by atoms with Gasteiger partial charge in [-0.15, -0.1) is 0 Å². The quantitative estimate of drug-likeness (QED) is 0.702. The van der Waals surface area contributed by atoms with Crippen molar-refractivity contribution in [2.24, 2.45) is 5.92 Å². The molecule has 88 valence electrons. The fourth-order valence-corrected chi connectivity index (χ4v) is 2.98. The molecule has 2 rings (SSSR count). The highest BCUT2D eigenvalue weighted by Gasteiger charge is 2.29. The van der Waals surface area contributed by atoms with Crippen molar-refractivity contribution in [3.05, 3.63) is 0 Å². The van der Waals surface area contributed by atoms with E-state index < -0.39 is 0 Å². The summed E-state index contributed by atoms with van der Waals surface area (Å²) in [5.41, 5.74) is 0. The highest BCUT2D eigenvalue weighted by molar-refractivity contribution is 4.86. The molecule has 0 saturated carbocycles. The van der Waals surface area contributed by atoms with Gasteiger partial charge < -0.3 is 4.90 Å². The third-order valence-corrected chi connectivity index (χ3v) is 3.93. The maximum atomic E-state index is 2.69. The zero-order chi connectivity index (χ0) is 10.7. The minimum Gasteiger partial charge on any atom is -0.301 e. The first-order valence-electron chi connectivity index (χ1n) is 6.72. The summed E-state index contributed by atoms with van der Waals surface area (Å²) in [5, 5.41) is 0. The molecule has 2 nitrogen and oxygen atoms in total. The van der Waals surface area contributed by atoms with Crippen LogP contribution in [-0.4, -0.2) is 48.6 Å². The van der Waals surface area contributed by atoms with E-state index in [0.29, 0.717) is 0 Å². The first kappa shape index (κ1) is 11.4. The number of rotatable bonds is 4. The maximum absolute atomic E-state index is 2.69. The summed E-state index contributed by atoms with van der Waals surface area (Å²) in [6, 6.07) is 0.901. The number of piperazine rings is 1. The lowest BCUT2D eigenvalue weighted by molar-refractivity contribution is 0.102. The Hall–Kier alpha value is -0.0800. The Balaban J connectivity index is 1.66. The number of hydrogen-bond donors (Lipinski definition) is 0. The summed E-state index contributed by atoms with van der Waals surface area (Å²) >= 11 is 0. The van der Waals surface area contributed by atoms with Crippen molar-refractivity contribution in [3.63, 3.8) is 0 Å². The van der Waals surface area contributed by atoms with Crippen molar-refractivity contribution in [2.75, 3.05) is 32.7 Å². The van der Waals surface area contributed by atoms with Crippen molar-refractivity contribution < 1.29 is 0 Å². The van der Waals surface area contributed by atoms with Crippen LogP contribution in [0.1, 0.15) is 39.5 Å². The summed E-state index contributed by atoms with van der Waals surface area (Å²) in [7, 11) is 0. The second kappa shape index (κ2) is 5.31. The SMILES string of the molecule is CC(C)CCCN1CCN2CCCC2C1. The lowest BCUT2D eigenvalue weighted by Gasteiger charge is -2.37. The molecule has 2 heterocycles. The highest BCUT2D eigenvalue weighted by atomic mass is 15.3. The van der Waals surface area contributed by atoms with Crippen LogP contribution < -0.4 is 0 Å². The number of fused-ring (bicyclic) bond motifs is 1. The normalized spacial score (nSPS) is 28.6. The van der Waals surface area contributed by atoms with Crippen molar-refractivity contribution in [1.82, 2.24) is 9.80 Å². The van der Waals surface area contributed by atoms with Crippen LogP contribution in [0.25, 0.3) is 0 Å². The summed E-state index contributed by atoms with van der Waals surface area (Å²) < 4.78 is 0. The minimum atomic E-state index is 0.873. The van der Waals surface area contributed by atoms with Gasteiger partial charge in [0.1, 0.15) is 0 Å². The predicted molar refractivity (Wildman–Crippen MR) is 65.1 cm³/mol. The predicted octanol–water partition coefficient (Wildman–Crippen LogP) is 2.20. The van der Waals surface area contributed by atoms with E-state index in [1.807, 2.05) is 0 Å². The van der Waals surface area contributed by atoms with Crippen molar-refractivity contribution in [3.8, 4) is 0 Å². The van der Waals surface area contributed by atoms with Crippen molar-refractivity contribution in [2.45, 2.75) is 45.6 Å². The van der Waals surface area contributed by atoms with E-state index in [0.717, 1.165) is 12.0 Å². The molecule has 1 unspecified atom stereocenters. The Morgan fingerprint density at radius 1 is 1.20 bits per heavy atom. The van der Waals surface area contributed by atoms with E-state index >= 15 is 0 Å². The summed E-state index contributed by atoms with van der Waals surface area (Å²) in [6.45, 7) is 11.3. The summed E-state index contributed by atoms with van der Waals surface area (Å²) in [6.07, 6.45) is 5.67. The van der Waals surface area contributed by atoms with Crippen LogP contribution in [0.2, 0.25) is 0 Å². The standard InChI is InChI=1S/C13H26N2/c1-12(2)5-3-7-14-9-10-15-8-4-6-13(15)11-14/h12-13H,3-11H2,1-2H3. The summed E-state index contributed by atoms with van der Waals surface area (Å²) in [5.74, 6) is 0.873. The zero-order valence-corrected chi connectivity index (χ0v) is 10.4. The van der Waals surface area contributed by atoms with E-state index in [1.165, 1.54) is 58.4 Å². The molecular weight excluding hydrogens is 184 g/mol. The van der Waals surface area contributed by atoms with Gasteiger partial charge >= 0.3 is 0 Å². The van der Waals surface area contributed by atoms with Gasteiger partial charge in [-0.05, 0) is 44.7 Å². The van der Waals surface area contributed by atoms with Crippen LogP contribution in [0, 0.1) is 5.92 Å². The minimum absolute atomic E-state index is 0.873. The van der Waals surface area contributed by atoms with Crippen LogP contribution in [0.3, 0.4) is 0 Å². The van der Waals surface area contributed by atoms with E-state index in [2.05, 4.69) is 23.6 Å². The van der Waals surface area contributed by atoms with E-state index in [1.54, 1.807) is 0 Å². The summed E-state index contributed by atoms with van der Waals surface area (Å²) in [4.78, 5) is 5.38. The van der Waals surface area contributed by atoms with Gasteiger partial charge in [0, 0.05) is 25.7 Å². The van der Waals surface area contributed by atoms with Crippen molar-refractivity contribution >= 4 is 0 Å². The fourth-order valence-electron chi connectivity index (χ4n) is 2.98. The Morgan fingerprint density at radius 3 is 2.87 bits per heavy atom. The van der Waals surface area contributed by atoms with Gasteiger partial charge in [0.2, 0.25) is 0 Å². The Labute approximate surface area is 94.6 Å². The van der Waals surface area contributed by atoms with Gasteiger partial charge in [-0.2, -0.15) is 0 Å². The van der Waals surface area contributed by atoms with Crippen LogP contribution in [-0.2, 0) is 0 Å². The zero-order valence-electron chi connectivity index (χ0n) is 10.4. The largest absolute Gasteiger partial charge is 0.301 e. The molecule has 15 heavy (non-hydrogen) atoms. The van der Waals surface area contributed by atoms with Crippen LogP contribution in [0.5, 0.6) is 0 Å². The molecule has 0 spiro atoms. The molecule has 2 heteroatoms. The molecule has 0 aliphatic carbocycles. The number of hydrogen-bond acceptors (Lipinski definition) is 2. The second-order valence-electron chi connectivity index (χ2n) is 5.67. The smallest absolute Gasteiger partial charge is 0.0224 e. The van der Waals surface area contributed by atoms with Gasteiger partial charge in [-0.3, -0.25) is 4.90 Å². The van der Waals surface area contributed by atoms with Crippen LogP contribution >= 0.6 is 0 Å². The second-order valence-corrected chi connectivity index (χ2v) is 5.67. The Morgan fingerprint density at radius 2 is 2.07 bits per heavy atom. The van der Waals surface area contributed by atoms with Crippen LogP contribution in [0.4, 0.5) is 0 Å². The average Bonchev–Trinajstić information content (AvgIpc) is 2.64. The third kappa shape index (κ3) is 3.18. The lowest BCUT2D eigenvalue weighted by Crippen LogP contribution is -2.50. The van der Waals surface area contributed by atoms with Crippen LogP contribution in [0.15, 0.2) is 0 Å². The molecule has 2 aliphatic heterocycles. The van der Waals surface area contributed by atoms with Gasteiger partial charge in [0.25, 0.3) is 0 Å². The molecule has 0 bridgehead atoms. The fraction of sp³-hybridized carbons (Fsp3) is 1.00. The highest BCUT2D eigenvalue weighted by Crippen LogP contribution is 2.21. The third-order valence-electron chi connectivity index (χ3n) is 3.93. The van der Waals surface area contributed by atoms with Gasteiger partial charge in [-0.1, -0.05) is 13.8 Å². The van der Waals surface area contributed by atoms with Crippen molar-refractivity contribution in [1.29, 1.82) is 0 Å². The molecule has 2 fully saturated rings. The molecule has 1 atom stereocenters. The van der Waals surface area contributed by atoms with Gasteiger partial charge in [-0.25, -0.2) is 0 Å². The first-order valence-corrected chi connectivity index (χ1v) is 6.72. The monoisotopic (exact) mass is 210 g/mol. The van der Waals surface area contributed by atoms with E-state index in [9.17, 15) is 0 Å². The van der Waals surface area contributed by atoms with Gasteiger partial charge in [0.15, 0.2) is 0 Å². The Kier molecular flexibility index (Phi) is 4.04. The molecule has 2 aliphatic rings. The molecule has 0 aromatic carbocycles. The maximum Gasteiger partial charge on any atom is 0.0224 e. The molecule has 0 amide bonds. The number of nitrogens with zero attached hydrogens (tertiary/aromatic N) is 2. The first-order chi connectivity index (χ1) is 7.25. The van der Waals surface area contributed by atoms with E-state index in [4.69, 9.17) is 0 Å². The van der Waals surface area contributed by atoms with Gasteiger partial charge in [0.05, 0.1) is 0 Å². The molecule has 2 saturated heterocycles. The lowest BCUT2D eigenvalue weighted by atomic mass is 10.1. The average molecular weight is 210 g/mol.